The minimum atomic E-state index is -3.18. The number of benzene rings is 1. The molecule has 0 saturated heterocycles. The highest BCUT2D eigenvalue weighted by Crippen LogP contribution is 2.13. The van der Waals surface area contributed by atoms with Crippen molar-refractivity contribution in [3.63, 3.8) is 0 Å². The fourth-order valence-electron chi connectivity index (χ4n) is 0.678. The van der Waals surface area contributed by atoms with Gasteiger partial charge < -0.3 is 5.73 Å². The van der Waals surface area contributed by atoms with Gasteiger partial charge in [-0.05, 0) is 24.3 Å². The molecule has 0 fully saturated rings. The molecule has 66 valence electrons. The van der Waals surface area contributed by atoms with E-state index in [-0.39, 0.29) is 4.90 Å². The second-order valence-corrected chi connectivity index (χ2v) is 4.94. The molecule has 0 amide bonds. The van der Waals surface area contributed by atoms with Crippen molar-refractivity contribution in [2.45, 2.75) is 4.90 Å². The fraction of sp³-hybridized carbons (Fsp3) is 0. The summed E-state index contributed by atoms with van der Waals surface area (Å²) in [7, 11) is -3.18. The van der Waals surface area contributed by atoms with E-state index in [0.29, 0.717) is 5.69 Å². The summed E-state index contributed by atoms with van der Waals surface area (Å²) in [6.07, 6.45) is 0. The number of anilines is 1. The van der Waals surface area contributed by atoms with Crippen LogP contribution in [-0.2, 0) is 24.3 Å². The standard InChI is InChI=1S/C6H7NO3S2/c7-5-1-3-6(4-2-5)12(9,11)10-8/h1-4,8H,7H2. The second kappa shape index (κ2) is 3.36. The molecule has 0 aliphatic rings. The van der Waals surface area contributed by atoms with Gasteiger partial charge in [0.05, 0.1) is 4.90 Å². The first kappa shape index (κ1) is 9.40. The molecule has 0 bridgehead atoms. The molecule has 0 aromatic heterocycles. The predicted molar refractivity (Wildman–Crippen MR) is 48.3 cm³/mol. The summed E-state index contributed by atoms with van der Waals surface area (Å²) in [6, 6.07) is 5.95. The Morgan fingerprint density at radius 2 is 1.92 bits per heavy atom. The molecule has 0 heterocycles. The van der Waals surface area contributed by atoms with Gasteiger partial charge in [-0.1, -0.05) is 0 Å². The van der Waals surface area contributed by atoms with Crippen molar-refractivity contribution in [2.24, 2.45) is 0 Å². The number of nitrogen functional groups attached to an aromatic ring is 1. The predicted octanol–water partition coefficient (Wildman–Crippen LogP) is 0.779. The molecule has 6 heteroatoms. The van der Waals surface area contributed by atoms with Crippen molar-refractivity contribution in [3.05, 3.63) is 24.3 Å². The second-order valence-electron chi connectivity index (χ2n) is 2.10. The fourth-order valence-corrected chi connectivity index (χ4v) is 1.57. The monoisotopic (exact) mass is 205 g/mol. The molecular formula is C6H7NO3S2. The SMILES string of the molecule is Nc1ccc(S(=O)(=S)OO)cc1. The Kier molecular flexibility index (Phi) is 2.63. The van der Waals surface area contributed by atoms with Gasteiger partial charge in [-0.15, -0.1) is 4.33 Å². The van der Waals surface area contributed by atoms with Crippen molar-refractivity contribution < 1.29 is 13.8 Å². The number of nitrogens with two attached hydrogens (primary N) is 1. The average molecular weight is 205 g/mol. The number of hydrogen-bond donors (Lipinski definition) is 2. The third-order valence-corrected chi connectivity index (χ3v) is 3.07. The van der Waals surface area contributed by atoms with Gasteiger partial charge in [0.15, 0.2) is 0 Å². The van der Waals surface area contributed by atoms with Crippen LogP contribution in [0.3, 0.4) is 0 Å². The van der Waals surface area contributed by atoms with Gasteiger partial charge in [0.1, 0.15) is 0 Å². The molecule has 1 atom stereocenters. The Hall–Kier alpha value is -0.690. The van der Waals surface area contributed by atoms with Crippen LogP contribution in [0.25, 0.3) is 0 Å². The van der Waals surface area contributed by atoms with Gasteiger partial charge in [0, 0.05) is 16.9 Å². The average Bonchev–Trinajstić information content (AvgIpc) is 2.05. The lowest BCUT2D eigenvalue weighted by atomic mass is 10.3. The van der Waals surface area contributed by atoms with E-state index < -0.39 is 8.77 Å². The van der Waals surface area contributed by atoms with E-state index in [4.69, 9.17) is 11.0 Å². The summed E-state index contributed by atoms with van der Waals surface area (Å²) in [4.78, 5) is 0.231. The van der Waals surface area contributed by atoms with E-state index in [2.05, 4.69) is 15.5 Å². The summed E-state index contributed by atoms with van der Waals surface area (Å²) < 4.78 is 14.8. The maximum absolute atomic E-state index is 11.2. The molecule has 1 aromatic carbocycles. The maximum Gasteiger partial charge on any atom is 0.202 e. The largest absolute Gasteiger partial charge is 0.399 e. The van der Waals surface area contributed by atoms with E-state index >= 15 is 0 Å². The van der Waals surface area contributed by atoms with Crippen molar-refractivity contribution in [3.8, 4) is 0 Å². The first-order valence-corrected chi connectivity index (χ1v) is 5.40. The molecule has 1 rings (SSSR count). The zero-order valence-electron chi connectivity index (χ0n) is 5.97. The first-order chi connectivity index (χ1) is 5.56. The molecule has 4 nitrogen and oxygen atoms in total. The lowest BCUT2D eigenvalue weighted by molar-refractivity contribution is -0.124. The lowest BCUT2D eigenvalue weighted by Crippen LogP contribution is -2.01. The molecule has 1 aromatic rings. The van der Waals surface area contributed by atoms with E-state index in [1.807, 2.05) is 0 Å². The van der Waals surface area contributed by atoms with Crippen molar-refractivity contribution in [2.75, 3.05) is 5.73 Å². The minimum absolute atomic E-state index is 0.231. The topological polar surface area (TPSA) is 72.6 Å². The Labute approximate surface area is 74.8 Å². The summed E-state index contributed by atoms with van der Waals surface area (Å²) in [5, 5.41) is 8.21. The van der Waals surface area contributed by atoms with Crippen LogP contribution in [0.5, 0.6) is 0 Å². The van der Waals surface area contributed by atoms with Crippen LogP contribution < -0.4 is 5.73 Å². The summed E-state index contributed by atoms with van der Waals surface area (Å²) >= 11 is 4.47. The highest BCUT2D eigenvalue weighted by molar-refractivity contribution is 8.30. The highest BCUT2D eigenvalue weighted by atomic mass is 32.8. The molecule has 0 saturated carbocycles. The summed E-state index contributed by atoms with van der Waals surface area (Å²) in [5.74, 6) is 0. The molecule has 12 heavy (non-hydrogen) atoms. The van der Waals surface area contributed by atoms with Crippen molar-refractivity contribution in [1.29, 1.82) is 0 Å². The van der Waals surface area contributed by atoms with E-state index in [9.17, 15) is 4.21 Å². The molecule has 0 spiro atoms. The Morgan fingerprint density at radius 1 is 1.42 bits per heavy atom. The zero-order valence-corrected chi connectivity index (χ0v) is 7.60. The molecule has 0 aliphatic carbocycles. The van der Waals surface area contributed by atoms with Gasteiger partial charge in [-0.25, -0.2) is 9.47 Å². The maximum atomic E-state index is 11.2. The molecule has 0 aliphatic heterocycles. The normalized spacial score (nSPS) is 15.4. The van der Waals surface area contributed by atoms with Crippen LogP contribution in [0.4, 0.5) is 5.69 Å². The van der Waals surface area contributed by atoms with Gasteiger partial charge in [0.25, 0.3) is 0 Å². The third-order valence-electron chi connectivity index (χ3n) is 1.27. The van der Waals surface area contributed by atoms with Crippen LogP contribution in [-0.4, -0.2) is 9.47 Å². The Balaban J connectivity index is 3.14. The van der Waals surface area contributed by atoms with Crippen molar-refractivity contribution >= 4 is 25.6 Å². The molecule has 3 N–H and O–H groups in total. The quantitative estimate of drug-likeness (QED) is 0.424. The van der Waals surface area contributed by atoms with Crippen LogP contribution in [0.2, 0.25) is 0 Å². The van der Waals surface area contributed by atoms with Crippen LogP contribution >= 0.6 is 0 Å². The molecule has 1 unspecified atom stereocenters. The van der Waals surface area contributed by atoms with E-state index in [0.717, 1.165) is 0 Å². The third kappa shape index (κ3) is 1.92. The minimum Gasteiger partial charge on any atom is -0.399 e. The van der Waals surface area contributed by atoms with Crippen molar-refractivity contribution in [1.82, 2.24) is 0 Å². The van der Waals surface area contributed by atoms with Gasteiger partial charge >= 0.3 is 0 Å². The Morgan fingerprint density at radius 3 is 2.33 bits per heavy atom. The van der Waals surface area contributed by atoms with E-state index in [1.165, 1.54) is 24.3 Å². The molecule has 0 radical (unpaired) electrons. The van der Waals surface area contributed by atoms with Crippen LogP contribution in [0, 0.1) is 0 Å². The summed E-state index contributed by atoms with van der Waals surface area (Å²) in [6.45, 7) is 0. The van der Waals surface area contributed by atoms with Crippen LogP contribution in [0.1, 0.15) is 0 Å². The van der Waals surface area contributed by atoms with E-state index in [1.54, 1.807) is 0 Å². The smallest absolute Gasteiger partial charge is 0.202 e. The molecular weight excluding hydrogens is 198 g/mol. The van der Waals surface area contributed by atoms with Gasteiger partial charge in [0.2, 0.25) is 8.77 Å². The lowest BCUT2D eigenvalue weighted by Gasteiger charge is -2.01. The van der Waals surface area contributed by atoms with Gasteiger partial charge in [-0.3, -0.25) is 0 Å². The first-order valence-electron chi connectivity index (χ1n) is 3.00. The number of hydrogen-bond acceptors (Lipinski definition) is 5. The Bertz CT molecular complexity index is 357. The highest BCUT2D eigenvalue weighted by Gasteiger charge is 2.08. The van der Waals surface area contributed by atoms with Crippen LogP contribution in [0.15, 0.2) is 29.2 Å². The zero-order chi connectivity index (χ0) is 9.19. The summed E-state index contributed by atoms with van der Waals surface area (Å²) in [5.41, 5.74) is 5.91. The number of rotatable bonds is 2. The van der Waals surface area contributed by atoms with Gasteiger partial charge in [-0.2, -0.15) is 0 Å².